The van der Waals surface area contributed by atoms with Crippen molar-refractivity contribution in [3.63, 3.8) is 0 Å². The minimum atomic E-state index is -0.347. The van der Waals surface area contributed by atoms with Crippen molar-refractivity contribution in [2.24, 2.45) is 4.99 Å². The fourth-order valence-electron chi connectivity index (χ4n) is 2.96. The highest BCUT2D eigenvalue weighted by Crippen LogP contribution is 2.37. The molecule has 0 unspecified atom stereocenters. The smallest absolute Gasteiger partial charge is 0.264 e. The van der Waals surface area contributed by atoms with Crippen molar-refractivity contribution in [2.75, 3.05) is 7.11 Å². The number of carbonyl (C=O) groups excluding carboxylic acids is 1. The Morgan fingerprint density at radius 2 is 1.91 bits per heavy atom. The summed E-state index contributed by atoms with van der Waals surface area (Å²) >= 11 is 10.9. The molecule has 4 rings (SSSR count). The summed E-state index contributed by atoms with van der Waals surface area (Å²) in [6, 6.07) is 16.7. The number of halogens is 3. The second-order valence-electron chi connectivity index (χ2n) is 6.86. The van der Waals surface area contributed by atoms with Crippen LogP contribution in [0.2, 0.25) is 5.02 Å². The molecule has 168 valence electrons. The highest BCUT2D eigenvalue weighted by Gasteiger charge is 2.24. The van der Waals surface area contributed by atoms with Crippen LogP contribution in [0.3, 0.4) is 0 Å². The first-order valence-electron chi connectivity index (χ1n) is 9.72. The summed E-state index contributed by atoms with van der Waals surface area (Å²) in [6.45, 7) is 0.282. The third-order valence-electron chi connectivity index (χ3n) is 4.62. The highest BCUT2D eigenvalue weighted by atomic mass is 79.9. The Morgan fingerprint density at radius 3 is 2.64 bits per heavy atom. The predicted molar refractivity (Wildman–Crippen MR) is 134 cm³/mol. The molecule has 0 radical (unpaired) electrons. The van der Waals surface area contributed by atoms with Crippen LogP contribution in [-0.4, -0.2) is 18.2 Å². The van der Waals surface area contributed by atoms with Gasteiger partial charge in [-0.05, 0) is 65.9 Å². The normalized spacial score (nSPS) is 15.7. The topological polar surface area (TPSA) is 59.9 Å². The molecule has 3 aromatic rings. The quantitative estimate of drug-likeness (QED) is 0.348. The zero-order chi connectivity index (χ0) is 23.4. The van der Waals surface area contributed by atoms with E-state index in [0.29, 0.717) is 32.3 Å². The molecule has 1 fully saturated rings. The van der Waals surface area contributed by atoms with Gasteiger partial charge in [0.1, 0.15) is 12.4 Å². The van der Waals surface area contributed by atoms with Gasteiger partial charge >= 0.3 is 0 Å². The number of rotatable bonds is 6. The van der Waals surface area contributed by atoms with Gasteiger partial charge in [-0.15, -0.1) is 0 Å². The maximum Gasteiger partial charge on any atom is 0.264 e. The maximum atomic E-state index is 13.1. The minimum absolute atomic E-state index is 0.272. The van der Waals surface area contributed by atoms with Gasteiger partial charge in [0, 0.05) is 15.1 Å². The van der Waals surface area contributed by atoms with Crippen molar-refractivity contribution in [1.29, 1.82) is 0 Å². The molecule has 0 spiro atoms. The van der Waals surface area contributed by atoms with Gasteiger partial charge < -0.3 is 14.8 Å². The number of aliphatic imine (C=N–C) groups is 1. The Kier molecular flexibility index (Phi) is 7.37. The monoisotopic (exact) mass is 546 g/mol. The standard InChI is InChI=1S/C24H17BrClFN2O3S/c1-31-20-10-15(18(25)12-21(20)32-13-14-4-2-3-5-19(14)26)11-22-23(30)29-24(33-22)28-17-8-6-16(27)7-9-17/h2-12H,13H2,1H3,(H,28,29,30)/b22-11+. The maximum absolute atomic E-state index is 13.1. The number of thioether (sulfide) groups is 1. The largest absolute Gasteiger partial charge is 0.493 e. The summed E-state index contributed by atoms with van der Waals surface area (Å²) in [6.07, 6.45) is 1.73. The number of nitrogens with one attached hydrogen (secondary N) is 1. The number of ether oxygens (including phenoxy) is 2. The molecular weight excluding hydrogens is 531 g/mol. The SMILES string of the molecule is COc1cc(/C=C2/SC(=Nc3ccc(F)cc3)NC2=O)c(Br)cc1OCc1ccccc1Cl. The molecular formula is C24H17BrClFN2O3S. The molecule has 1 aliphatic rings. The van der Waals surface area contributed by atoms with Crippen LogP contribution in [0.15, 0.2) is 75.0 Å². The van der Waals surface area contributed by atoms with Gasteiger partial charge in [0.2, 0.25) is 0 Å². The second kappa shape index (κ2) is 10.4. The van der Waals surface area contributed by atoms with Crippen molar-refractivity contribution in [1.82, 2.24) is 5.32 Å². The summed E-state index contributed by atoms with van der Waals surface area (Å²) in [7, 11) is 1.55. The van der Waals surface area contributed by atoms with E-state index in [1.807, 2.05) is 18.2 Å². The van der Waals surface area contributed by atoms with Crippen LogP contribution in [0, 0.1) is 5.82 Å². The van der Waals surface area contributed by atoms with E-state index in [1.54, 1.807) is 43.5 Å². The average Bonchev–Trinajstić information content (AvgIpc) is 3.14. The molecule has 5 nitrogen and oxygen atoms in total. The molecule has 1 N–H and O–H groups in total. The third kappa shape index (κ3) is 5.76. The summed E-state index contributed by atoms with van der Waals surface area (Å²) in [5.74, 6) is 0.431. The predicted octanol–water partition coefficient (Wildman–Crippen LogP) is 6.72. The number of benzene rings is 3. The molecule has 1 saturated heterocycles. The lowest BCUT2D eigenvalue weighted by Crippen LogP contribution is -2.19. The van der Waals surface area contributed by atoms with Crippen molar-refractivity contribution in [3.8, 4) is 11.5 Å². The number of methoxy groups -OCH3 is 1. The summed E-state index contributed by atoms with van der Waals surface area (Å²) < 4.78 is 25.2. The molecule has 1 amide bonds. The highest BCUT2D eigenvalue weighted by molar-refractivity contribution is 9.10. The van der Waals surface area contributed by atoms with Crippen molar-refractivity contribution < 1.29 is 18.7 Å². The fraction of sp³-hybridized carbons (Fsp3) is 0.0833. The van der Waals surface area contributed by atoms with E-state index in [0.717, 1.165) is 15.6 Å². The Balaban J connectivity index is 1.54. The Morgan fingerprint density at radius 1 is 1.15 bits per heavy atom. The van der Waals surface area contributed by atoms with Crippen LogP contribution >= 0.6 is 39.3 Å². The molecule has 1 aliphatic heterocycles. The zero-order valence-electron chi connectivity index (χ0n) is 17.3. The summed E-state index contributed by atoms with van der Waals surface area (Å²) in [5.41, 5.74) is 2.14. The summed E-state index contributed by atoms with van der Waals surface area (Å²) in [5, 5.41) is 3.76. The molecule has 0 aromatic heterocycles. The average molecular weight is 548 g/mol. The molecule has 33 heavy (non-hydrogen) atoms. The van der Waals surface area contributed by atoms with E-state index in [4.69, 9.17) is 21.1 Å². The lowest BCUT2D eigenvalue weighted by atomic mass is 10.1. The minimum Gasteiger partial charge on any atom is -0.493 e. The van der Waals surface area contributed by atoms with Gasteiger partial charge in [-0.1, -0.05) is 45.7 Å². The van der Waals surface area contributed by atoms with E-state index in [-0.39, 0.29) is 18.3 Å². The van der Waals surface area contributed by atoms with E-state index in [9.17, 15) is 9.18 Å². The van der Waals surface area contributed by atoms with Crippen molar-refractivity contribution in [3.05, 3.63) is 92.0 Å². The van der Waals surface area contributed by atoms with Gasteiger partial charge in [-0.2, -0.15) is 0 Å². The Hall–Kier alpha value is -2.81. The van der Waals surface area contributed by atoms with E-state index < -0.39 is 0 Å². The van der Waals surface area contributed by atoms with E-state index in [2.05, 4.69) is 26.2 Å². The van der Waals surface area contributed by atoms with Gasteiger partial charge in [0.15, 0.2) is 16.7 Å². The lowest BCUT2D eigenvalue weighted by Gasteiger charge is -2.13. The lowest BCUT2D eigenvalue weighted by molar-refractivity contribution is -0.115. The van der Waals surface area contributed by atoms with Gasteiger partial charge in [-0.3, -0.25) is 4.79 Å². The Bertz CT molecular complexity index is 1270. The zero-order valence-corrected chi connectivity index (χ0v) is 20.4. The first-order valence-corrected chi connectivity index (χ1v) is 11.7. The van der Waals surface area contributed by atoms with Crippen LogP contribution in [0.1, 0.15) is 11.1 Å². The number of amides is 1. The van der Waals surface area contributed by atoms with Crippen molar-refractivity contribution >= 4 is 62.1 Å². The first-order chi connectivity index (χ1) is 15.9. The van der Waals surface area contributed by atoms with Crippen LogP contribution in [0.5, 0.6) is 11.5 Å². The third-order valence-corrected chi connectivity index (χ3v) is 6.58. The second-order valence-corrected chi connectivity index (χ2v) is 9.15. The molecule has 0 bridgehead atoms. The first kappa shape index (κ1) is 23.4. The molecule has 0 atom stereocenters. The summed E-state index contributed by atoms with van der Waals surface area (Å²) in [4.78, 5) is 17.2. The molecule has 3 aromatic carbocycles. The van der Waals surface area contributed by atoms with Crippen LogP contribution in [0.25, 0.3) is 6.08 Å². The van der Waals surface area contributed by atoms with Crippen LogP contribution in [0.4, 0.5) is 10.1 Å². The number of nitrogens with zero attached hydrogens (tertiary/aromatic N) is 1. The Labute approximate surface area is 207 Å². The molecule has 1 heterocycles. The van der Waals surface area contributed by atoms with Gasteiger partial charge in [0.25, 0.3) is 5.91 Å². The number of hydrogen-bond acceptors (Lipinski definition) is 5. The van der Waals surface area contributed by atoms with Crippen molar-refractivity contribution in [2.45, 2.75) is 6.61 Å². The molecule has 0 aliphatic carbocycles. The molecule has 9 heteroatoms. The fourth-order valence-corrected chi connectivity index (χ4v) is 4.42. The van der Waals surface area contributed by atoms with E-state index >= 15 is 0 Å². The van der Waals surface area contributed by atoms with Gasteiger partial charge in [0.05, 0.1) is 17.7 Å². The van der Waals surface area contributed by atoms with E-state index in [1.165, 1.54) is 23.9 Å². The molecule has 0 saturated carbocycles. The van der Waals surface area contributed by atoms with Crippen LogP contribution in [-0.2, 0) is 11.4 Å². The van der Waals surface area contributed by atoms with Crippen LogP contribution < -0.4 is 14.8 Å². The number of carbonyl (C=O) groups is 1. The number of amidine groups is 1. The van der Waals surface area contributed by atoms with Gasteiger partial charge in [-0.25, -0.2) is 9.38 Å². The number of hydrogen-bond donors (Lipinski definition) is 1.